The molecular weight excluding hydrogens is 384 g/mol. The van der Waals surface area contributed by atoms with Crippen LogP contribution < -0.4 is 5.32 Å². The van der Waals surface area contributed by atoms with E-state index < -0.39 is 11.7 Å². The molecule has 1 saturated heterocycles. The van der Waals surface area contributed by atoms with E-state index in [0.29, 0.717) is 31.6 Å². The minimum absolute atomic E-state index is 0.189. The van der Waals surface area contributed by atoms with Crippen molar-refractivity contribution in [2.45, 2.75) is 45.3 Å². The quantitative estimate of drug-likeness (QED) is 0.789. The Balaban J connectivity index is 1.75. The molecular formula is C15H21BrN2O4S. The maximum Gasteiger partial charge on any atom is 0.411 e. The Morgan fingerprint density at radius 2 is 2.00 bits per heavy atom. The Morgan fingerprint density at radius 1 is 1.35 bits per heavy atom. The maximum absolute atomic E-state index is 12.0. The number of piperidine rings is 1. The number of anilines is 1. The van der Waals surface area contributed by atoms with Crippen LogP contribution in [0.25, 0.3) is 0 Å². The second kappa shape index (κ2) is 7.53. The molecule has 0 unspecified atom stereocenters. The molecule has 128 valence electrons. The first-order chi connectivity index (χ1) is 10.7. The Morgan fingerprint density at radius 3 is 2.52 bits per heavy atom. The number of ether oxygens (including phenoxy) is 2. The summed E-state index contributed by atoms with van der Waals surface area (Å²) < 4.78 is 11.6. The van der Waals surface area contributed by atoms with Crippen molar-refractivity contribution in [1.82, 2.24) is 4.90 Å². The van der Waals surface area contributed by atoms with Crippen molar-refractivity contribution in [3.63, 3.8) is 0 Å². The largest absolute Gasteiger partial charge is 0.446 e. The zero-order valence-electron chi connectivity index (χ0n) is 13.4. The minimum atomic E-state index is -0.502. The van der Waals surface area contributed by atoms with Crippen LogP contribution in [0, 0.1) is 0 Å². The maximum atomic E-state index is 12.0. The number of carbonyl (C=O) groups excluding carboxylic acids is 2. The van der Waals surface area contributed by atoms with Gasteiger partial charge in [-0.1, -0.05) is 0 Å². The number of nitrogens with zero attached hydrogens (tertiary/aromatic N) is 1. The summed E-state index contributed by atoms with van der Waals surface area (Å²) in [5.74, 6) is 0. The molecule has 0 bridgehead atoms. The van der Waals surface area contributed by atoms with Crippen LogP contribution in [0.4, 0.5) is 15.3 Å². The van der Waals surface area contributed by atoms with E-state index in [1.54, 1.807) is 11.0 Å². The lowest BCUT2D eigenvalue weighted by atomic mass is 10.1. The lowest BCUT2D eigenvalue weighted by Crippen LogP contribution is -2.44. The molecule has 0 spiro atoms. The molecule has 1 aliphatic rings. The first kappa shape index (κ1) is 18.1. The van der Waals surface area contributed by atoms with Gasteiger partial charge in [0.15, 0.2) is 0 Å². The first-order valence-electron chi connectivity index (χ1n) is 7.43. The molecule has 0 atom stereocenters. The van der Waals surface area contributed by atoms with Crippen LogP contribution in [0.1, 0.15) is 33.6 Å². The standard InChI is InChI=1S/C15H21BrN2O4S/c1-15(2,3)22-14(20)18-7-4-10(5-8-18)21-13(19)17-11-6-9-23-12(11)16/h6,9-10H,4-5,7-8H2,1-3H3,(H,17,19). The summed E-state index contributed by atoms with van der Waals surface area (Å²) in [4.78, 5) is 25.5. The topological polar surface area (TPSA) is 67.9 Å². The molecule has 1 aromatic rings. The van der Waals surface area contributed by atoms with Crippen molar-refractivity contribution in [2.75, 3.05) is 18.4 Å². The van der Waals surface area contributed by atoms with Crippen molar-refractivity contribution in [3.05, 3.63) is 15.2 Å². The molecule has 0 aromatic carbocycles. The fraction of sp³-hybridized carbons (Fsp3) is 0.600. The number of likely N-dealkylation sites (tertiary alicyclic amines) is 1. The molecule has 1 fully saturated rings. The lowest BCUT2D eigenvalue weighted by molar-refractivity contribution is 0.00794. The van der Waals surface area contributed by atoms with Crippen molar-refractivity contribution < 1.29 is 19.1 Å². The summed E-state index contributed by atoms with van der Waals surface area (Å²) in [7, 11) is 0. The van der Waals surface area contributed by atoms with Crippen LogP contribution in [0.15, 0.2) is 15.2 Å². The monoisotopic (exact) mass is 404 g/mol. The van der Waals surface area contributed by atoms with E-state index >= 15 is 0 Å². The van der Waals surface area contributed by atoms with E-state index in [1.165, 1.54) is 11.3 Å². The third-order valence-electron chi connectivity index (χ3n) is 3.22. The Labute approximate surface area is 148 Å². The highest BCUT2D eigenvalue weighted by Crippen LogP contribution is 2.28. The minimum Gasteiger partial charge on any atom is -0.446 e. The van der Waals surface area contributed by atoms with Gasteiger partial charge in [-0.3, -0.25) is 5.32 Å². The van der Waals surface area contributed by atoms with Gasteiger partial charge in [0, 0.05) is 25.9 Å². The van der Waals surface area contributed by atoms with Crippen LogP contribution in [-0.4, -0.2) is 41.9 Å². The number of amides is 2. The Kier molecular flexibility index (Phi) is 5.91. The molecule has 1 aromatic heterocycles. The van der Waals surface area contributed by atoms with Gasteiger partial charge in [0.05, 0.1) is 9.47 Å². The van der Waals surface area contributed by atoms with Crippen LogP contribution >= 0.6 is 27.3 Å². The number of thiophene rings is 1. The average Bonchev–Trinajstić information content (AvgIpc) is 2.83. The number of halogens is 1. The second-order valence-electron chi connectivity index (χ2n) is 6.31. The van der Waals surface area contributed by atoms with Crippen LogP contribution in [-0.2, 0) is 9.47 Å². The number of nitrogens with one attached hydrogen (secondary N) is 1. The molecule has 8 heteroatoms. The van der Waals surface area contributed by atoms with Crippen molar-refractivity contribution in [3.8, 4) is 0 Å². The molecule has 0 radical (unpaired) electrons. The van der Waals surface area contributed by atoms with Crippen molar-refractivity contribution in [1.29, 1.82) is 0 Å². The van der Waals surface area contributed by atoms with Crippen molar-refractivity contribution >= 4 is 45.1 Å². The number of hydrogen-bond donors (Lipinski definition) is 1. The van der Waals surface area contributed by atoms with Crippen LogP contribution in [0.5, 0.6) is 0 Å². The van der Waals surface area contributed by atoms with Gasteiger partial charge < -0.3 is 14.4 Å². The van der Waals surface area contributed by atoms with E-state index in [0.717, 1.165) is 3.79 Å². The van der Waals surface area contributed by atoms with Gasteiger partial charge in [0.2, 0.25) is 0 Å². The number of carbonyl (C=O) groups is 2. The van der Waals surface area contributed by atoms with Gasteiger partial charge in [-0.25, -0.2) is 9.59 Å². The normalized spacial score (nSPS) is 16.1. The van der Waals surface area contributed by atoms with E-state index in [2.05, 4.69) is 21.2 Å². The fourth-order valence-electron chi connectivity index (χ4n) is 2.16. The first-order valence-corrected chi connectivity index (χ1v) is 9.10. The highest BCUT2D eigenvalue weighted by atomic mass is 79.9. The summed E-state index contributed by atoms with van der Waals surface area (Å²) >= 11 is 4.85. The highest BCUT2D eigenvalue weighted by Gasteiger charge is 2.28. The smallest absolute Gasteiger partial charge is 0.411 e. The Bertz CT molecular complexity index is 562. The molecule has 2 heterocycles. The highest BCUT2D eigenvalue weighted by molar-refractivity contribution is 9.11. The van der Waals surface area contributed by atoms with Gasteiger partial charge in [-0.2, -0.15) is 0 Å². The number of hydrogen-bond acceptors (Lipinski definition) is 5. The van der Waals surface area contributed by atoms with E-state index in [1.807, 2.05) is 26.2 Å². The molecule has 6 nitrogen and oxygen atoms in total. The van der Waals surface area contributed by atoms with Gasteiger partial charge in [0.1, 0.15) is 11.7 Å². The molecule has 23 heavy (non-hydrogen) atoms. The summed E-state index contributed by atoms with van der Waals surface area (Å²) in [5, 5.41) is 4.57. The number of rotatable bonds is 2. The third kappa shape index (κ3) is 5.69. The summed E-state index contributed by atoms with van der Waals surface area (Å²) in [6.07, 6.45) is 0.239. The molecule has 0 aliphatic carbocycles. The summed E-state index contributed by atoms with van der Waals surface area (Å²) in [5.41, 5.74) is 0.198. The fourth-order valence-corrected chi connectivity index (χ4v) is 3.28. The Hall–Kier alpha value is -1.28. The second-order valence-corrected chi connectivity index (χ2v) is 8.54. The summed E-state index contributed by atoms with van der Waals surface area (Å²) in [6.45, 7) is 6.57. The molecule has 1 N–H and O–H groups in total. The molecule has 0 saturated carbocycles. The van der Waals surface area contributed by atoms with Gasteiger partial charge in [-0.15, -0.1) is 11.3 Å². The lowest BCUT2D eigenvalue weighted by Gasteiger charge is -2.33. The van der Waals surface area contributed by atoms with Crippen molar-refractivity contribution in [2.24, 2.45) is 0 Å². The van der Waals surface area contributed by atoms with E-state index in [4.69, 9.17) is 9.47 Å². The van der Waals surface area contributed by atoms with Crippen LogP contribution in [0.2, 0.25) is 0 Å². The molecule has 1 aliphatic heterocycles. The zero-order valence-corrected chi connectivity index (χ0v) is 15.8. The van der Waals surface area contributed by atoms with Gasteiger partial charge in [-0.05, 0) is 48.1 Å². The average molecular weight is 405 g/mol. The predicted molar refractivity (Wildman–Crippen MR) is 93.0 cm³/mol. The SMILES string of the molecule is CC(C)(C)OC(=O)N1CCC(OC(=O)Nc2ccsc2Br)CC1. The predicted octanol–water partition coefficient (Wildman–Crippen LogP) is 4.46. The van der Waals surface area contributed by atoms with Crippen LogP contribution in [0.3, 0.4) is 0 Å². The van der Waals surface area contributed by atoms with Gasteiger partial charge in [0.25, 0.3) is 0 Å². The van der Waals surface area contributed by atoms with E-state index in [-0.39, 0.29) is 12.2 Å². The molecule has 2 amide bonds. The zero-order chi connectivity index (χ0) is 17.0. The third-order valence-corrected chi connectivity index (χ3v) is 4.91. The van der Waals surface area contributed by atoms with Gasteiger partial charge >= 0.3 is 12.2 Å². The molecule has 2 rings (SSSR count). The van der Waals surface area contributed by atoms with E-state index in [9.17, 15) is 9.59 Å². The summed E-state index contributed by atoms with van der Waals surface area (Å²) in [6, 6.07) is 1.81.